The summed E-state index contributed by atoms with van der Waals surface area (Å²) in [7, 11) is 0. The van der Waals surface area contributed by atoms with E-state index in [1.165, 1.54) is 23.5 Å². The van der Waals surface area contributed by atoms with E-state index in [1.807, 2.05) is 6.07 Å². The minimum absolute atomic E-state index is 0.0465. The number of aromatic carboxylic acids is 1. The minimum atomic E-state index is -0.921. The molecular formula is C21H21ClF2O3S. The summed E-state index contributed by atoms with van der Waals surface area (Å²) in [5, 5.41) is 19.2. The topological polar surface area (TPSA) is 57.5 Å². The van der Waals surface area contributed by atoms with Crippen LogP contribution >= 0.6 is 22.9 Å². The van der Waals surface area contributed by atoms with Gasteiger partial charge in [-0.2, -0.15) is 0 Å². The smallest absolute Gasteiger partial charge is 0.345 e. The van der Waals surface area contributed by atoms with Crippen LogP contribution in [0.15, 0.2) is 36.4 Å². The summed E-state index contributed by atoms with van der Waals surface area (Å²) in [6, 6.07) is 6.73. The summed E-state index contributed by atoms with van der Waals surface area (Å²) in [6.45, 7) is 0. The Morgan fingerprint density at radius 3 is 2.61 bits per heavy atom. The number of aliphatic hydroxyl groups is 1. The summed E-state index contributed by atoms with van der Waals surface area (Å²) >= 11 is 7.71. The first-order valence-corrected chi connectivity index (χ1v) is 10.4. The van der Waals surface area contributed by atoms with Crippen LogP contribution in [0.5, 0.6) is 0 Å². The van der Waals surface area contributed by atoms with Gasteiger partial charge in [0.05, 0.1) is 6.10 Å². The van der Waals surface area contributed by atoms with Gasteiger partial charge in [0, 0.05) is 22.2 Å². The Balaban J connectivity index is 1.62. The van der Waals surface area contributed by atoms with Gasteiger partial charge in [-0.1, -0.05) is 12.2 Å². The van der Waals surface area contributed by atoms with E-state index in [2.05, 4.69) is 0 Å². The van der Waals surface area contributed by atoms with Gasteiger partial charge in [0.2, 0.25) is 0 Å². The van der Waals surface area contributed by atoms with E-state index in [9.17, 15) is 18.7 Å². The third kappa shape index (κ3) is 5.19. The normalized spacial score (nSPS) is 24.9. The molecule has 2 unspecified atom stereocenters. The van der Waals surface area contributed by atoms with Crippen LogP contribution < -0.4 is 0 Å². The van der Waals surface area contributed by atoms with Crippen molar-refractivity contribution in [1.82, 2.24) is 0 Å². The van der Waals surface area contributed by atoms with Gasteiger partial charge in [-0.15, -0.1) is 22.9 Å². The third-order valence-electron chi connectivity index (χ3n) is 5.10. The SMILES string of the molecule is O=C(O)c1ccc(CCCC2[C@@H](C=Cc3cc(F)cc(F)c3)C(O)C[C@H]2Cl)s1. The Morgan fingerprint density at radius 2 is 1.96 bits per heavy atom. The van der Waals surface area contributed by atoms with Crippen LogP contribution in [0, 0.1) is 23.5 Å². The maximum absolute atomic E-state index is 13.3. The van der Waals surface area contributed by atoms with Crippen LogP contribution in [0.2, 0.25) is 0 Å². The highest BCUT2D eigenvalue weighted by molar-refractivity contribution is 7.13. The van der Waals surface area contributed by atoms with E-state index < -0.39 is 23.7 Å². The molecule has 1 aromatic carbocycles. The van der Waals surface area contributed by atoms with Crippen molar-refractivity contribution in [3.8, 4) is 0 Å². The number of aliphatic hydroxyl groups excluding tert-OH is 1. The zero-order valence-electron chi connectivity index (χ0n) is 15.0. The van der Waals surface area contributed by atoms with Gasteiger partial charge in [-0.3, -0.25) is 0 Å². The van der Waals surface area contributed by atoms with E-state index in [0.717, 1.165) is 30.2 Å². The number of thiophene rings is 1. The minimum Gasteiger partial charge on any atom is -0.477 e. The molecule has 1 saturated carbocycles. The van der Waals surface area contributed by atoms with Gasteiger partial charge in [0.1, 0.15) is 16.5 Å². The molecule has 0 aliphatic heterocycles. The number of rotatable bonds is 7. The average Bonchev–Trinajstić information content (AvgIpc) is 3.18. The lowest BCUT2D eigenvalue weighted by Crippen LogP contribution is -2.18. The second-order valence-corrected chi connectivity index (χ2v) is 8.81. The van der Waals surface area contributed by atoms with Crippen molar-refractivity contribution in [2.24, 2.45) is 11.8 Å². The molecule has 1 heterocycles. The first kappa shape index (κ1) is 21.0. The van der Waals surface area contributed by atoms with Crippen molar-refractivity contribution in [1.29, 1.82) is 0 Å². The Labute approximate surface area is 171 Å². The fourth-order valence-electron chi connectivity index (χ4n) is 3.77. The van der Waals surface area contributed by atoms with Crippen molar-refractivity contribution >= 4 is 35.0 Å². The van der Waals surface area contributed by atoms with Gasteiger partial charge in [-0.05, 0) is 61.4 Å². The van der Waals surface area contributed by atoms with E-state index in [1.54, 1.807) is 18.2 Å². The molecule has 4 atom stereocenters. The Morgan fingerprint density at radius 1 is 1.25 bits per heavy atom. The fraction of sp³-hybridized carbons (Fsp3) is 0.381. The molecule has 0 saturated heterocycles. The molecule has 28 heavy (non-hydrogen) atoms. The van der Waals surface area contributed by atoms with Crippen molar-refractivity contribution in [3.05, 3.63) is 63.4 Å². The quantitative estimate of drug-likeness (QED) is 0.585. The van der Waals surface area contributed by atoms with Crippen molar-refractivity contribution < 1.29 is 23.8 Å². The predicted octanol–water partition coefficient (Wildman–Crippen LogP) is 5.37. The fourth-order valence-corrected chi connectivity index (χ4v) is 5.13. The first-order valence-electron chi connectivity index (χ1n) is 9.12. The maximum Gasteiger partial charge on any atom is 0.345 e. The van der Waals surface area contributed by atoms with Crippen LogP contribution in [-0.4, -0.2) is 27.7 Å². The van der Waals surface area contributed by atoms with E-state index >= 15 is 0 Å². The lowest BCUT2D eigenvalue weighted by molar-refractivity contribution is 0.0702. The number of carboxylic acid groups (broad SMARTS) is 1. The van der Waals surface area contributed by atoms with Crippen LogP contribution in [0.3, 0.4) is 0 Å². The summed E-state index contributed by atoms with van der Waals surface area (Å²) < 4.78 is 26.7. The summed E-state index contributed by atoms with van der Waals surface area (Å²) in [5.41, 5.74) is 0.404. The van der Waals surface area contributed by atoms with Gasteiger partial charge in [0.25, 0.3) is 0 Å². The van der Waals surface area contributed by atoms with E-state index in [4.69, 9.17) is 16.7 Å². The van der Waals surface area contributed by atoms with Crippen molar-refractivity contribution in [3.63, 3.8) is 0 Å². The molecule has 2 aromatic rings. The van der Waals surface area contributed by atoms with Gasteiger partial charge in [-0.25, -0.2) is 13.6 Å². The maximum atomic E-state index is 13.3. The molecule has 0 bridgehead atoms. The molecule has 0 radical (unpaired) electrons. The molecule has 1 aromatic heterocycles. The number of hydrogen-bond donors (Lipinski definition) is 2. The summed E-state index contributed by atoms with van der Waals surface area (Å²) in [6.07, 6.45) is 5.64. The lowest BCUT2D eigenvalue weighted by atomic mass is 9.89. The average molecular weight is 427 g/mol. The Kier molecular flexibility index (Phi) is 6.86. The highest BCUT2D eigenvalue weighted by Crippen LogP contribution is 2.40. The third-order valence-corrected chi connectivity index (χ3v) is 6.73. The largest absolute Gasteiger partial charge is 0.477 e. The molecule has 2 N–H and O–H groups in total. The Hall–Kier alpha value is -1.76. The van der Waals surface area contributed by atoms with Crippen LogP contribution in [0.25, 0.3) is 6.08 Å². The van der Waals surface area contributed by atoms with Crippen LogP contribution in [0.1, 0.15) is 39.4 Å². The number of alkyl halides is 1. The monoisotopic (exact) mass is 426 g/mol. The van der Waals surface area contributed by atoms with Crippen molar-refractivity contribution in [2.45, 2.75) is 37.2 Å². The summed E-state index contributed by atoms with van der Waals surface area (Å²) in [5.74, 6) is -2.35. The number of aryl methyl sites for hydroxylation is 1. The zero-order chi connectivity index (χ0) is 20.3. The molecule has 0 amide bonds. The standard InChI is InChI=1S/C21H21ClF2O3S/c22-18-11-19(25)17(6-4-12-8-13(23)10-14(24)9-12)16(18)3-1-2-15-5-7-20(28-15)21(26)27/h4-10,16-19,25H,1-3,11H2,(H,26,27)/t16?,17-,18-,19?/m1/s1. The number of hydrogen-bond acceptors (Lipinski definition) is 3. The number of carbonyl (C=O) groups is 1. The van der Waals surface area contributed by atoms with Crippen molar-refractivity contribution in [2.75, 3.05) is 0 Å². The highest BCUT2D eigenvalue weighted by Gasteiger charge is 2.39. The zero-order valence-corrected chi connectivity index (χ0v) is 16.6. The van der Waals surface area contributed by atoms with Crippen LogP contribution in [-0.2, 0) is 6.42 Å². The van der Waals surface area contributed by atoms with E-state index in [-0.39, 0.29) is 17.2 Å². The molecular weight excluding hydrogens is 406 g/mol. The molecule has 1 fully saturated rings. The number of benzene rings is 1. The molecule has 1 aliphatic carbocycles. The summed E-state index contributed by atoms with van der Waals surface area (Å²) in [4.78, 5) is 12.3. The van der Waals surface area contributed by atoms with E-state index in [0.29, 0.717) is 16.9 Å². The molecule has 150 valence electrons. The number of carboxylic acids is 1. The van der Waals surface area contributed by atoms with Gasteiger partial charge < -0.3 is 10.2 Å². The molecule has 7 heteroatoms. The van der Waals surface area contributed by atoms with Gasteiger partial charge >= 0.3 is 5.97 Å². The molecule has 1 aliphatic rings. The second-order valence-electron chi connectivity index (χ2n) is 7.09. The number of halogens is 3. The Bertz CT molecular complexity index is 847. The lowest BCUT2D eigenvalue weighted by Gasteiger charge is -2.20. The van der Waals surface area contributed by atoms with Crippen LogP contribution in [0.4, 0.5) is 8.78 Å². The second kappa shape index (κ2) is 9.16. The molecule has 0 spiro atoms. The van der Waals surface area contributed by atoms with Gasteiger partial charge in [0.15, 0.2) is 0 Å². The first-order chi connectivity index (χ1) is 13.3. The molecule has 3 rings (SSSR count). The molecule has 3 nitrogen and oxygen atoms in total. The predicted molar refractivity (Wildman–Crippen MR) is 107 cm³/mol. The highest BCUT2D eigenvalue weighted by atomic mass is 35.5.